The van der Waals surface area contributed by atoms with E-state index in [-0.39, 0.29) is 5.91 Å². The van der Waals surface area contributed by atoms with Gasteiger partial charge in [-0.25, -0.2) is 4.98 Å². The van der Waals surface area contributed by atoms with Gasteiger partial charge in [-0.15, -0.1) is 11.3 Å². The second-order valence-electron chi connectivity index (χ2n) is 5.27. The third kappa shape index (κ3) is 3.18. The number of nitrogens with zero attached hydrogens (tertiary/aromatic N) is 1. The van der Waals surface area contributed by atoms with Gasteiger partial charge in [0.25, 0.3) is 0 Å². The fourth-order valence-electron chi connectivity index (χ4n) is 2.41. The lowest BCUT2D eigenvalue weighted by atomic mass is 10.1. The molecule has 0 aliphatic carbocycles. The largest absolute Gasteiger partial charge is 0.361 e. The van der Waals surface area contributed by atoms with Crippen molar-refractivity contribution in [2.24, 2.45) is 5.73 Å². The molecule has 1 amide bonds. The lowest BCUT2D eigenvalue weighted by molar-refractivity contribution is -0.122. The Balaban J connectivity index is 1.61. The number of para-hydroxylation sites is 1. The Morgan fingerprint density at radius 1 is 1.45 bits per heavy atom. The third-order valence-corrected chi connectivity index (χ3v) is 4.50. The summed E-state index contributed by atoms with van der Waals surface area (Å²) >= 11 is 1.54. The van der Waals surface area contributed by atoms with Crippen molar-refractivity contribution in [3.63, 3.8) is 0 Å². The number of aromatic nitrogens is 2. The number of benzene rings is 1. The van der Waals surface area contributed by atoms with Gasteiger partial charge in [0, 0.05) is 28.2 Å². The molecule has 1 atom stereocenters. The molecule has 0 radical (unpaired) electrons. The Morgan fingerprint density at radius 3 is 3.05 bits per heavy atom. The van der Waals surface area contributed by atoms with Crippen LogP contribution >= 0.6 is 11.3 Å². The maximum absolute atomic E-state index is 12.1. The summed E-state index contributed by atoms with van der Waals surface area (Å²) in [4.78, 5) is 19.6. The van der Waals surface area contributed by atoms with Gasteiger partial charge in [-0.3, -0.25) is 4.79 Å². The highest BCUT2D eigenvalue weighted by atomic mass is 32.1. The van der Waals surface area contributed by atoms with Crippen LogP contribution in [0.5, 0.6) is 0 Å². The first kappa shape index (κ1) is 14.7. The number of amides is 1. The van der Waals surface area contributed by atoms with Crippen LogP contribution in [0.3, 0.4) is 0 Å². The Bertz CT molecular complexity index is 792. The number of carbonyl (C=O) groups is 1. The lowest BCUT2D eigenvalue weighted by Gasteiger charge is -2.11. The highest BCUT2D eigenvalue weighted by Gasteiger charge is 2.16. The topological polar surface area (TPSA) is 83.8 Å². The molecule has 5 nitrogen and oxygen atoms in total. The van der Waals surface area contributed by atoms with Crippen LogP contribution in [0.15, 0.2) is 35.8 Å². The van der Waals surface area contributed by atoms with E-state index in [1.807, 2.05) is 42.8 Å². The van der Waals surface area contributed by atoms with Gasteiger partial charge in [0.05, 0.1) is 12.6 Å². The first-order valence-electron chi connectivity index (χ1n) is 7.13. The van der Waals surface area contributed by atoms with Gasteiger partial charge in [0.1, 0.15) is 5.01 Å². The Labute approximate surface area is 132 Å². The average Bonchev–Trinajstić information content (AvgIpc) is 3.12. The summed E-state index contributed by atoms with van der Waals surface area (Å²) in [6.45, 7) is 2.36. The summed E-state index contributed by atoms with van der Waals surface area (Å²) in [5.41, 5.74) is 9.11. The highest BCUT2D eigenvalue weighted by molar-refractivity contribution is 7.09. The molecule has 3 rings (SSSR count). The van der Waals surface area contributed by atoms with Gasteiger partial charge < -0.3 is 16.0 Å². The molecule has 0 bridgehead atoms. The second kappa shape index (κ2) is 6.29. The Hall–Kier alpha value is -2.18. The van der Waals surface area contributed by atoms with Crippen LogP contribution in [0.25, 0.3) is 10.9 Å². The maximum Gasteiger partial charge on any atom is 0.237 e. The molecule has 3 aromatic rings. The maximum atomic E-state index is 12.1. The summed E-state index contributed by atoms with van der Waals surface area (Å²) in [5, 5.41) is 6.82. The average molecular weight is 314 g/mol. The molecule has 6 heteroatoms. The second-order valence-corrected chi connectivity index (χ2v) is 6.21. The van der Waals surface area contributed by atoms with E-state index < -0.39 is 6.04 Å². The van der Waals surface area contributed by atoms with E-state index in [0.717, 1.165) is 27.2 Å². The number of aryl methyl sites for hydroxylation is 1. The molecule has 22 heavy (non-hydrogen) atoms. The summed E-state index contributed by atoms with van der Waals surface area (Å²) in [6, 6.07) is 7.43. The van der Waals surface area contributed by atoms with E-state index in [0.29, 0.717) is 13.0 Å². The zero-order chi connectivity index (χ0) is 15.5. The van der Waals surface area contributed by atoms with Crippen LogP contribution in [-0.2, 0) is 17.8 Å². The zero-order valence-corrected chi connectivity index (χ0v) is 13.1. The fraction of sp³-hybridized carbons (Fsp3) is 0.250. The van der Waals surface area contributed by atoms with Gasteiger partial charge in [0.15, 0.2) is 0 Å². The molecule has 0 saturated heterocycles. The number of hydrogen-bond donors (Lipinski definition) is 3. The Kier molecular flexibility index (Phi) is 4.22. The van der Waals surface area contributed by atoms with Gasteiger partial charge >= 0.3 is 0 Å². The van der Waals surface area contributed by atoms with Crippen molar-refractivity contribution in [1.82, 2.24) is 15.3 Å². The zero-order valence-electron chi connectivity index (χ0n) is 12.3. The van der Waals surface area contributed by atoms with Crippen molar-refractivity contribution in [3.05, 3.63) is 52.1 Å². The van der Waals surface area contributed by atoms with Crippen LogP contribution in [0.2, 0.25) is 0 Å². The summed E-state index contributed by atoms with van der Waals surface area (Å²) < 4.78 is 0. The smallest absolute Gasteiger partial charge is 0.237 e. The van der Waals surface area contributed by atoms with Gasteiger partial charge in [-0.05, 0) is 25.0 Å². The van der Waals surface area contributed by atoms with Crippen LogP contribution in [0.4, 0.5) is 0 Å². The quantitative estimate of drug-likeness (QED) is 0.674. The molecule has 4 N–H and O–H groups in total. The molecule has 0 spiro atoms. The van der Waals surface area contributed by atoms with Crippen molar-refractivity contribution in [3.8, 4) is 0 Å². The number of thiazole rings is 1. The molecule has 0 aliphatic heterocycles. The predicted octanol–water partition coefficient (Wildman–Crippen LogP) is 2.12. The molecule has 2 aromatic heterocycles. The monoisotopic (exact) mass is 314 g/mol. The van der Waals surface area contributed by atoms with Gasteiger partial charge in [-0.1, -0.05) is 18.2 Å². The number of rotatable bonds is 5. The number of nitrogens with two attached hydrogens (primary N) is 1. The van der Waals surface area contributed by atoms with Crippen LogP contribution in [0.1, 0.15) is 16.3 Å². The first-order chi connectivity index (χ1) is 10.6. The number of carbonyl (C=O) groups excluding carboxylic acids is 1. The molecule has 1 aromatic carbocycles. The number of aromatic amines is 1. The normalized spacial score (nSPS) is 12.5. The van der Waals surface area contributed by atoms with Crippen molar-refractivity contribution in [2.45, 2.75) is 25.9 Å². The standard InChI is InChI=1S/C16H18N4OS/c1-10-9-22-15(20-10)8-19-16(21)13(17)6-11-7-18-14-5-3-2-4-12(11)14/h2-5,7,9,13,18H,6,8,17H2,1H3,(H,19,21)/t13-/m0/s1. The van der Waals surface area contributed by atoms with Crippen molar-refractivity contribution in [1.29, 1.82) is 0 Å². The van der Waals surface area contributed by atoms with E-state index in [4.69, 9.17) is 5.73 Å². The lowest BCUT2D eigenvalue weighted by Crippen LogP contribution is -2.41. The number of H-pyrrole nitrogens is 1. The van der Waals surface area contributed by atoms with E-state index in [1.54, 1.807) is 0 Å². The highest BCUT2D eigenvalue weighted by Crippen LogP contribution is 2.18. The molecule has 2 heterocycles. The molecule has 0 fully saturated rings. The van der Waals surface area contributed by atoms with Crippen LogP contribution in [-0.4, -0.2) is 21.9 Å². The van der Waals surface area contributed by atoms with Gasteiger partial charge in [0.2, 0.25) is 5.91 Å². The summed E-state index contributed by atoms with van der Waals surface area (Å²) in [5.74, 6) is -0.155. The molecule has 0 saturated carbocycles. The first-order valence-corrected chi connectivity index (χ1v) is 8.01. The van der Waals surface area contributed by atoms with Crippen molar-refractivity contribution in [2.75, 3.05) is 0 Å². The molecule has 0 aliphatic rings. The van der Waals surface area contributed by atoms with Crippen molar-refractivity contribution >= 4 is 28.1 Å². The minimum absolute atomic E-state index is 0.155. The molecular weight excluding hydrogens is 296 g/mol. The van der Waals surface area contributed by atoms with Crippen LogP contribution < -0.4 is 11.1 Å². The number of fused-ring (bicyclic) bond motifs is 1. The molecule has 114 valence electrons. The van der Waals surface area contributed by atoms with E-state index in [1.165, 1.54) is 11.3 Å². The number of nitrogens with one attached hydrogen (secondary N) is 2. The van der Waals surface area contributed by atoms with Crippen molar-refractivity contribution < 1.29 is 4.79 Å². The Morgan fingerprint density at radius 2 is 2.27 bits per heavy atom. The molecule has 0 unspecified atom stereocenters. The molecular formula is C16H18N4OS. The predicted molar refractivity (Wildman–Crippen MR) is 88.7 cm³/mol. The van der Waals surface area contributed by atoms with E-state index in [2.05, 4.69) is 15.3 Å². The SMILES string of the molecule is Cc1csc(CNC(=O)[C@@H](N)Cc2c[nH]c3ccccc23)n1. The van der Waals surface area contributed by atoms with E-state index >= 15 is 0 Å². The minimum Gasteiger partial charge on any atom is -0.361 e. The van der Waals surface area contributed by atoms with Crippen LogP contribution in [0, 0.1) is 6.92 Å². The van der Waals surface area contributed by atoms with Gasteiger partial charge in [-0.2, -0.15) is 0 Å². The van der Waals surface area contributed by atoms with E-state index in [9.17, 15) is 4.79 Å². The summed E-state index contributed by atoms with van der Waals surface area (Å²) in [6.07, 6.45) is 2.43. The minimum atomic E-state index is -0.569. The number of hydrogen-bond acceptors (Lipinski definition) is 4. The third-order valence-electron chi connectivity index (χ3n) is 3.53. The fourth-order valence-corrected chi connectivity index (χ4v) is 3.12. The summed E-state index contributed by atoms with van der Waals surface area (Å²) in [7, 11) is 0.